The molecule has 12 heteroatoms. The standard InChI is InChI=1S/C28H23F4N7O/c1-16-4-2-5-17-11-13-34-26(24(16)17)38(19-6-3-12-33-15-19)27(40)20-8-7-18(14-21(20)29)39-25-22(36-37-39)9-10-23(35-25)28(30,31)32/h2,4-5,7-11,13-14,19,33H,3,6,12,15H2,1H3/t19-/m1/s1. The fourth-order valence-electron chi connectivity index (χ4n) is 5.14. The second kappa shape index (κ2) is 9.94. The van der Waals surface area contributed by atoms with E-state index >= 15 is 4.39 Å². The average Bonchev–Trinajstić information content (AvgIpc) is 3.37. The van der Waals surface area contributed by atoms with Crippen LogP contribution in [0, 0.1) is 12.7 Å². The number of nitrogens with zero attached hydrogens (tertiary/aromatic N) is 6. The van der Waals surface area contributed by atoms with Gasteiger partial charge in [0.25, 0.3) is 5.91 Å². The second-order valence-electron chi connectivity index (χ2n) is 9.69. The number of hydrogen-bond acceptors (Lipinski definition) is 6. The third-order valence-electron chi connectivity index (χ3n) is 7.08. The molecule has 204 valence electrons. The summed E-state index contributed by atoms with van der Waals surface area (Å²) < 4.78 is 56.4. The van der Waals surface area contributed by atoms with E-state index in [0.717, 1.165) is 52.2 Å². The van der Waals surface area contributed by atoms with Gasteiger partial charge in [0.05, 0.1) is 17.3 Å². The van der Waals surface area contributed by atoms with Gasteiger partial charge in [-0.15, -0.1) is 5.10 Å². The number of fused-ring (bicyclic) bond motifs is 2. The molecular formula is C28H23F4N7O. The molecule has 1 atom stereocenters. The number of alkyl halides is 3. The molecule has 0 unspecified atom stereocenters. The summed E-state index contributed by atoms with van der Waals surface area (Å²) in [6, 6.07) is 13.1. The fraction of sp³-hybridized carbons (Fsp3) is 0.250. The summed E-state index contributed by atoms with van der Waals surface area (Å²) in [6.07, 6.45) is -1.49. The SMILES string of the molecule is Cc1cccc2ccnc(N(C(=O)c3ccc(-n4nnc5ccc(C(F)(F)F)nc54)cc3F)[C@@H]3CCCNC3)c12. The molecule has 1 saturated heterocycles. The van der Waals surface area contributed by atoms with Crippen LogP contribution >= 0.6 is 0 Å². The maximum atomic E-state index is 15.7. The minimum absolute atomic E-state index is 0.0772. The molecule has 0 spiro atoms. The van der Waals surface area contributed by atoms with Crippen molar-refractivity contribution >= 4 is 33.7 Å². The molecule has 0 aliphatic carbocycles. The Labute approximate surface area is 225 Å². The monoisotopic (exact) mass is 549 g/mol. The van der Waals surface area contributed by atoms with Crippen molar-refractivity contribution in [1.29, 1.82) is 0 Å². The first-order chi connectivity index (χ1) is 19.2. The molecule has 8 nitrogen and oxygen atoms in total. The van der Waals surface area contributed by atoms with Crippen molar-refractivity contribution in [2.45, 2.75) is 32.0 Å². The fourth-order valence-corrected chi connectivity index (χ4v) is 5.14. The molecule has 1 N–H and O–H groups in total. The van der Waals surface area contributed by atoms with Gasteiger partial charge in [0, 0.05) is 24.2 Å². The number of carbonyl (C=O) groups is 1. The molecule has 1 aliphatic heterocycles. The maximum Gasteiger partial charge on any atom is 0.433 e. The Bertz CT molecular complexity index is 1740. The molecule has 3 aromatic heterocycles. The van der Waals surface area contributed by atoms with Gasteiger partial charge >= 0.3 is 6.18 Å². The van der Waals surface area contributed by atoms with E-state index < -0.39 is 23.6 Å². The highest BCUT2D eigenvalue weighted by Gasteiger charge is 2.34. The summed E-state index contributed by atoms with van der Waals surface area (Å²) >= 11 is 0. The molecule has 0 radical (unpaired) electrons. The number of carbonyl (C=O) groups excluding carboxylic acids is 1. The van der Waals surface area contributed by atoms with Gasteiger partial charge in [0.2, 0.25) is 0 Å². The van der Waals surface area contributed by atoms with E-state index in [-0.39, 0.29) is 28.5 Å². The van der Waals surface area contributed by atoms with Crippen molar-refractivity contribution < 1.29 is 22.4 Å². The van der Waals surface area contributed by atoms with Crippen molar-refractivity contribution in [2.24, 2.45) is 0 Å². The molecule has 1 amide bonds. The van der Waals surface area contributed by atoms with Gasteiger partial charge in [-0.05, 0) is 67.6 Å². The number of pyridine rings is 2. The normalized spacial score (nSPS) is 16.0. The van der Waals surface area contributed by atoms with Gasteiger partial charge in [0.15, 0.2) is 5.65 Å². The molecule has 2 aromatic carbocycles. The molecule has 1 aliphatic rings. The van der Waals surface area contributed by atoms with E-state index in [2.05, 4.69) is 25.6 Å². The third-order valence-corrected chi connectivity index (χ3v) is 7.08. The minimum Gasteiger partial charge on any atom is -0.315 e. The van der Waals surface area contributed by atoms with E-state index in [1.54, 1.807) is 11.1 Å². The Morgan fingerprint density at radius 2 is 1.98 bits per heavy atom. The summed E-state index contributed by atoms with van der Waals surface area (Å²) in [5, 5.41) is 12.7. The van der Waals surface area contributed by atoms with Crippen LogP contribution in [0.3, 0.4) is 0 Å². The van der Waals surface area contributed by atoms with Crippen LogP contribution in [0.4, 0.5) is 23.4 Å². The zero-order chi connectivity index (χ0) is 28.0. The van der Waals surface area contributed by atoms with Crippen LogP contribution in [0.5, 0.6) is 0 Å². The Morgan fingerprint density at radius 3 is 2.73 bits per heavy atom. The number of aryl methyl sites for hydroxylation is 1. The molecule has 6 rings (SSSR count). The van der Waals surface area contributed by atoms with Crippen molar-refractivity contribution in [2.75, 3.05) is 18.0 Å². The van der Waals surface area contributed by atoms with Gasteiger partial charge < -0.3 is 5.32 Å². The van der Waals surface area contributed by atoms with Crippen molar-refractivity contribution in [3.05, 3.63) is 83.4 Å². The lowest BCUT2D eigenvalue weighted by Gasteiger charge is -2.35. The van der Waals surface area contributed by atoms with Gasteiger partial charge in [0.1, 0.15) is 22.8 Å². The van der Waals surface area contributed by atoms with Crippen LogP contribution in [0.25, 0.3) is 27.6 Å². The lowest BCUT2D eigenvalue weighted by Crippen LogP contribution is -2.49. The zero-order valence-corrected chi connectivity index (χ0v) is 21.3. The smallest absolute Gasteiger partial charge is 0.315 e. The Balaban J connectivity index is 1.43. The predicted molar refractivity (Wildman–Crippen MR) is 141 cm³/mol. The third kappa shape index (κ3) is 4.53. The van der Waals surface area contributed by atoms with Crippen LogP contribution in [0.1, 0.15) is 34.5 Å². The maximum absolute atomic E-state index is 15.7. The number of amides is 1. The lowest BCUT2D eigenvalue weighted by molar-refractivity contribution is -0.141. The first kappa shape index (κ1) is 25.8. The first-order valence-corrected chi connectivity index (χ1v) is 12.7. The Morgan fingerprint density at radius 1 is 1.12 bits per heavy atom. The largest absolute Gasteiger partial charge is 0.433 e. The predicted octanol–water partition coefficient (Wildman–Crippen LogP) is 5.23. The van der Waals surface area contributed by atoms with E-state index in [9.17, 15) is 18.0 Å². The van der Waals surface area contributed by atoms with Crippen molar-refractivity contribution in [3.8, 4) is 5.69 Å². The van der Waals surface area contributed by atoms with Crippen molar-refractivity contribution in [3.63, 3.8) is 0 Å². The topological polar surface area (TPSA) is 88.8 Å². The van der Waals surface area contributed by atoms with Gasteiger partial charge in [-0.25, -0.2) is 14.4 Å². The van der Waals surface area contributed by atoms with E-state index in [0.29, 0.717) is 18.8 Å². The first-order valence-electron chi connectivity index (χ1n) is 12.7. The summed E-state index contributed by atoms with van der Waals surface area (Å²) in [7, 11) is 0. The van der Waals surface area contributed by atoms with Gasteiger partial charge in [-0.1, -0.05) is 23.4 Å². The molecule has 0 saturated carbocycles. The summed E-state index contributed by atoms with van der Waals surface area (Å²) in [6.45, 7) is 3.28. The number of benzene rings is 2. The van der Waals surface area contributed by atoms with Gasteiger partial charge in [-0.2, -0.15) is 17.9 Å². The van der Waals surface area contributed by atoms with Crippen LogP contribution in [0.2, 0.25) is 0 Å². The molecular weight excluding hydrogens is 526 g/mol. The summed E-state index contributed by atoms with van der Waals surface area (Å²) in [5.41, 5.74) is -0.378. The van der Waals surface area contributed by atoms with Crippen LogP contribution in [-0.2, 0) is 6.18 Å². The molecule has 40 heavy (non-hydrogen) atoms. The number of rotatable bonds is 4. The molecule has 5 aromatic rings. The van der Waals surface area contributed by atoms with Crippen LogP contribution in [0.15, 0.2) is 60.8 Å². The Kier molecular flexibility index (Phi) is 6.41. The van der Waals surface area contributed by atoms with Crippen molar-refractivity contribution in [1.82, 2.24) is 30.3 Å². The zero-order valence-electron chi connectivity index (χ0n) is 21.3. The van der Waals surface area contributed by atoms with E-state index in [1.807, 2.05) is 31.2 Å². The second-order valence-corrected chi connectivity index (χ2v) is 9.69. The molecule has 0 bridgehead atoms. The van der Waals surface area contributed by atoms with Crippen LogP contribution < -0.4 is 10.2 Å². The number of aromatic nitrogens is 5. The van der Waals surface area contributed by atoms with Gasteiger partial charge in [-0.3, -0.25) is 9.69 Å². The summed E-state index contributed by atoms with van der Waals surface area (Å²) in [4.78, 5) is 23.8. The average molecular weight is 550 g/mol. The number of anilines is 1. The molecule has 4 heterocycles. The lowest BCUT2D eigenvalue weighted by atomic mass is 10.0. The number of piperidine rings is 1. The quantitative estimate of drug-likeness (QED) is 0.309. The number of nitrogens with one attached hydrogen (secondary N) is 1. The van der Waals surface area contributed by atoms with E-state index in [1.165, 1.54) is 12.1 Å². The number of halogens is 4. The van der Waals surface area contributed by atoms with E-state index in [4.69, 9.17) is 0 Å². The summed E-state index contributed by atoms with van der Waals surface area (Å²) in [5.74, 6) is -0.977. The highest BCUT2D eigenvalue weighted by molar-refractivity contribution is 6.11. The Hall–Kier alpha value is -4.45. The highest BCUT2D eigenvalue weighted by atomic mass is 19.4. The minimum atomic E-state index is -4.67. The highest BCUT2D eigenvalue weighted by Crippen LogP contribution is 2.33. The van der Waals surface area contributed by atoms with Crippen LogP contribution in [-0.4, -0.2) is 50.0 Å². The molecule has 1 fully saturated rings. The number of hydrogen-bond donors (Lipinski definition) is 1.